The van der Waals surface area contributed by atoms with Gasteiger partial charge in [-0.15, -0.1) is 5.01 Å². The minimum Gasteiger partial charge on any atom is -0.494 e. The first-order chi connectivity index (χ1) is 17.1. The van der Waals surface area contributed by atoms with Crippen LogP contribution >= 0.6 is 0 Å². The van der Waals surface area contributed by atoms with Crippen molar-refractivity contribution in [3.8, 4) is 11.6 Å². The van der Waals surface area contributed by atoms with E-state index in [0.717, 1.165) is 48.2 Å². The number of amides is 3. The summed E-state index contributed by atoms with van der Waals surface area (Å²) in [5.74, 6) is -1.18. The summed E-state index contributed by atoms with van der Waals surface area (Å²) in [7, 11) is 0. The third-order valence-corrected chi connectivity index (χ3v) is 6.68. The average molecular weight is 498 g/mol. The van der Waals surface area contributed by atoms with Crippen LogP contribution in [0.2, 0.25) is 0 Å². The quantitative estimate of drug-likeness (QED) is 0.415. The zero-order valence-electron chi connectivity index (χ0n) is 18.9. The number of rotatable bonds is 3. The fourth-order valence-corrected chi connectivity index (χ4v) is 4.87. The predicted octanol–water partition coefficient (Wildman–Crippen LogP) is 4.30. The molecule has 1 saturated carbocycles. The number of hydrogen-bond donors (Lipinski definition) is 2. The SMILES string of the molecule is O=C1NC2(CCCCC2)C(=O)N1N=Cc1c(O)n(-c2cccc(C(F)(F)F)c2)c(=O)c2ccccc12. The van der Waals surface area contributed by atoms with Gasteiger partial charge in [0.1, 0.15) is 5.54 Å². The molecule has 0 atom stereocenters. The molecule has 2 N–H and O–H groups in total. The number of nitrogens with one attached hydrogen (secondary N) is 1. The highest BCUT2D eigenvalue weighted by Gasteiger charge is 2.51. The Morgan fingerprint density at radius 1 is 0.972 bits per heavy atom. The van der Waals surface area contributed by atoms with Gasteiger partial charge in [-0.3, -0.25) is 9.59 Å². The van der Waals surface area contributed by atoms with Crippen LogP contribution in [0.1, 0.15) is 43.2 Å². The van der Waals surface area contributed by atoms with Gasteiger partial charge in [-0.1, -0.05) is 43.5 Å². The number of alkyl halides is 3. The van der Waals surface area contributed by atoms with Gasteiger partial charge in [-0.25, -0.2) is 9.36 Å². The van der Waals surface area contributed by atoms with Crippen LogP contribution in [0.25, 0.3) is 16.5 Å². The van der Waals surface area contributed by atoms with Gasteiger partial charge in [0.25, 0.3) is 11.5 Å². The van der Waals surface area contributed by atoms with Crippen molar-refractivity contribution in [2.45, 2.75) is 43.8 Å². The lowest BCUT2D eigenvalue weighted by molar-refractivity contribution is -0.137. The number of aromatic hydroxyl groups is 1. The van der Waals surface area contributed by atoms with Crippen LogP contribution in [0.4, 0.5) is 18.0 Å². The molecule has 36 heavy (non-hydrogen) atoms. The zero-order valence-corrected chi connectivity index (χ0v) is 18.9. The lowest BCUT2D eigenvalue weighted by atomic mass is 9.82. The average Bonchev–Trinajstić information content (AvgIpc) is 3.07. The Hall–Kier alpha value is -4.15. The number of nitrogens with zero attached hydrogens (tertiary/aromatic N) is 3. The summed E-state index contributed by atoms with van der Waals surface area (Å²) in [5.41, 5.74) is -2.98. The van der Waals surface area contributed by atoms with E-state index in [-0.39, 0.29) is 22.0 Å². The highest BCUT2D eigenvalue weighted by Crippen LogP contribution is 2.35. The Labute approximate surface area is 202 Å². The molecular weight excluding hydrogens is 477 g/mol. The van der Waals surface area contributed by atoms with E-state index in [0.29, 0.717) is 17.9 Å². The summed E-state index contributed by atoms with van der Waals surface area (Å²) in [6, 6.07) is 9.47. The monoisotopic (exact) mass is 498 g/mol. The van der Waals surface area contributed by atoms with Crippen LogP contribution in [-0.4, -0.2) is 38.4 Å². The Morgan fingerprint density at radius 2 is 1.67 bits per heavy atom. The summed E-state index contributed by atoms with van der Waals surface area (Å²) < 4.78 is 40.6. The van der Waals surface area contributed by atoms with E-state index in [1.165, 1.54) is 18.2 Å². The second-order valence-electron chi connectivity index (χ2n) is 8.91. The highest BCUT2D eigenvalue weighted by molar-refractivity contribution is 6.08. The van der Waals surface area contributed by atoms with Gasteiger partial charge >= 0.3 is 12.2 Å². The number of urea groups is 1. The molecule has 3 amide bonds. The first kappa shape index (κ1) is 23.6. The third-order valence-electron chi connectivity index (χ3n) is 6.68. The number of benzene rings is 2. The second-order valence-corrected chi connectivity index (χ2v) is 8.91. The van der Waals surface area contributed by atoms with E-state index in [2.05, 4.69) is 10.4 Å². The van der Waals surface area contributed by atoms with Gasteiger partial charge < -0.3 is 10.4 Å². The molecule has 2 fully saturated rings. The molecule has 186 valence electrons. The molecule has 5 rings (SSSR count). The molecule has 8 nitrogen and oxygen atoms in total. The lowest BCUT2D eigenvalue weighted by Gasteiger charge is -2.29. The molecule has 1 aliphatic heterocycles. The lowest BCUT2D eigenvalue weighted by Crippen LogP contribution is -2.48. The van der Waals surface area contributed by atoms with Crippen molar-refractivity contribution in [3.05, 3.63) is 70.0 Å². The maximum atomic E-state index is 13.3. The molecule has 3 aromatic rings. The molecule has 1 aromatic heterocycles. The zero-order chi connectivity index (χ0) is 25.7. The number of imide groups is 1. The van der Waals surface area contributed by atoms with Gasteiger partial charge in [0.05, 0.1) is 23.0 Å². The molecule has 11 heteroatoms. The number of fused-ring (bicyclic) bond motifs is 1. The van der Waals surface area contributed by atoms with Gasteiger partial charge in [-0.05, 0) is 37.1 Å². The molecular formula is C25H21F3N4O4. The summed E-state index contributed by atoms with van der Waals surface area (Å²) in [5, 5.41) is 18.9. The standard InChI is InChI=1S/C25H21F3N4O4/c26-25(27,28)15-7-6-8-16(13-15)31-20(33)18-10-3-2-9-17(18)19(21(31)34)14-29-32-22(35)24(30-23(32)36)11-4-1-5-12-24/h2-3,6-10,13-14,34H,1,4-5,11-12H2,(H,30,36). The number of carbonyl (C=O) groups is 2. The van der Waals surface area contributed by atoms with Crippen molar-refractivity contribution in [2.24, 2.45) is 5.10 Å². The van der Waals surface area contributed by atoms with Crippen molar-refractivity contribution < 1.29 is 27.9 Å². The summed E-state index contributed by atoms with van der Waals surface area (Å²) in [6.07, 6.45) is -0.0507. The normalized spacial score (nSPS) is 17.9. The van der Waals surface area contributed by atoms with Crippen molar-refractivity contribution in [3.63, 3.8) is 0 Å². The second kappa shape index (κ2) is 8.51. The van der Waals surface area contributed by atoms with Crippen LogP contribution in [0.3, 0.4) is 0 Å². The van der Waals surface area contributed by atoms with Crippen LogP contribution in [0, 0.1) is 0 Å². The number of halogens is 3. The molecule has 0 bridgehead atoms. The number of aromatic nitrogens is 1. The van der Waals surface area contributed by atoms with Crippen molar-refractivity contribution >= 4 is 28.9 Å². The van der Waals surface area contributed by atoms with Crippen LogP contribution in [-0.2, 0) is 11.0 Å². The van der Waals surface area contributed by atoms with Gasteiger partial charge in [0.2, 0.25) is 5.88 Å². The van der Waals surface area contributed by atoms with Gasteiger partial charge in [0.15, 0.2) is 0 Å². The number of pyridine rings is 1. The van der Waals surface area contributed by atoms with Crippen LogP contribution in [0.5, 0.6) is 5.88 Å². The fourth-order valence-electron chi connectivity index (χ4n) is 4.87. The Kier molecular flexibility index (Phi) is 5.57. The number of carbonyl (C=O) groups excluding carboxylic acids is 2. The molecule has 0 radical (unpaired) electrons. The van der Waals surface area contributed by atoms with Crippen molar-refractivity contribution in [1.82, 2.24) is 14.9 Å². The first-order valence-corrected chi connectivity index (χ1v) is 11.4. The van der Waals surface area contributed by atoms with Gasteiger partial charge in [0, 0.05) is 10.8 Å². The molecule has 2 aliphatic rings. The van der Waals surface area contributed by atoms with E-state index >= 15 is 0 Å². The fraction of sp³-hybridized carbons (Fsp3) is 0.280. The minimum absolute atomic E-state index is 0.0344. The first-order valence-electron chi connectivity index (χ1n) is 11.4. The predicted molar refractivity (Wildman–Crippen MR) is 125 cm³/mol. The molecule has 1 saturated heterocycles. The smallest absolute Gasteiger partial charge is 0.416 e. The third kappa shape index (κ3) is 3.80. The number of hydrogen-bond acceptors (Lipinski definition) is 5. The number of hydrazone groups is 1. The van der Waals surface area contributed by atoms with Crippen LogP contribution < -0.4 is 10.9 Å². The largest absolute Gasteiger partial charge is 0.494 e. The summed E-state index contributed by atoms with van der Waals surface area (Å²) in [4.78, 5) is 38.8. The van der Waals surface area contributed by atoms with E-state index < -0.39 is 40.7 Å². The van der Waals surface area contributed by atoms with Crippen LogP contribution in [0.15, 0.2) is 58.4 Å². The maximum absolute atomic E-state index is 13.3. The molecule has 1 aliphatic carbocycles. The maximum Gasteiger partial charge on any atom is 0.416 e. The summed E-state index contributed by atoms with van der Waals surface area (Å²) >= 11 is 0. The Morgan fingerprint density at radius 3 is 2.36 bits per heavy atom. The van der Waals surface area contributed by atoms with E-state index in [9.17, 15) is 32.7 Å². The summed E-state index contributed by atoms with van der Waals surface area (Å²) in [6.45, 7) is 0. The van der Waals surface area contributed by atoms with Crippen molar-refractivity contribution in [2.75, 3.05) is 0 Å². The van der Waals surface area contributed by atoms with E-state index in [1.54, 1.807) is 12.1 Å². The molecule has 2 aromatic carbocycles. The molecule has 0 unspecified atom stereocenters. The Balaban J connectivity index is 1.63. The van der Waals surface area contributed by atoms with Crippen molar-refractivity contribution in [1.29, 1.82) is 0 Å². The molecule has 1 spiro atoms. The molecule has 2 heterocycles. The van der Waals surface area contributed by atoms with E-state index in [4.69, 9.17) is 0 Å². The van der Waals surface area contributed by atoms with E-state index in [1.807, 2.05) is 0 Å². The minimum atomic E-state index is -4.66. The van der Waals surface area contributed by atoms with Gasteiger partial charge in [-0.2, -0.15) is 18.3 Å². The topological polar surface area (TPSA) is 104 Å². The Bertz CT molecular complexity index is 1470. The highest BCUT2D eigenvalue weighted by atomic mass is 19.4.